The Morgan fingerprint density at radius 1 is 1.00 bits per heavy atom. The molecule has 2 aromatic carbocycles. The van der Waals surface area contributed by atoms with Crippen LogP contribution in [0.5, 0.6) is 5.75 Å². The number of nitrogens with zero attached hydrogens (tertiary/aromatic N) is 1. The number of amides is 1. The normalized spacial score (nSPS) is 11.6. The molecule has 0 heterocycles. The molecule has 4 nitrogen and oxygen atoms in total. The molecule has 1 N–H and O–H groups in total. The second-order valence-corrected chi connectivity index (χ2v) is 6.93. The Labute approximate surface area is 175 Å². The third-order valence-electron chi connectivity index (χ3n) is 4.50. The fourth-order valence-electron chi connectivity index (χ4n) is 2.88. The van der Waals surface area contributed by atoms with Gasteiger partial charge >= 0.3 is 6.18 Å². The number of alkyl halides is 3. The van der Waals surface area contributed by atoms with Crippen LogP contribution >= 0.6 is 0 Å². The van der Waals surface area contributed by atoms with Crippen molar-refractivity contribution in [1.29, 1.82) is 0 Å². The van der Waals surface area contributed by atoms with E-state index in [2.05, 4.69) is 17.5 Å². The molecule has 0 aliphatic rings. The van der Waals surface area contributed by atoms with Gasteiger partial charge in [-0.15, -0.1) is 0 Å². The minimum atomic E-state index is -4.61. The molecule has 7 heteroatoms. The fourth-order valence-corrected chi connectivity index (χ4v) is 2.88. The van der Waals surface area contributed by atoms with Gasteiger partial charge in [0.1, 0.15) is 5.75 Å². The van der Waals surface area contributed by atoms with Crippen LogP contribution in [0, 0.1) is 0 Å². The molecule has 2 aromatic rings. The van der Waals surface area contributed by atoms with Gasteiger partial charge in [-0.05, 0) is 48.4 Å². The van der Waals surface area contributed by atoms with E-state index in [9.17, 15) is 18.0 Å². The third kappa shape index (κ3) is 7.89. The Balaban J connectivity index is 1.80. The van der Waals surface area contributed by atoms with Gasteiger partial charge in [-0.25, -0.2) is 5.43 Å². The average Bonchev–Trinajstić information content (AvgIpc) is 2.73. The average molecular weight is 420 g/mol. The topological polar surface area (TPSA) is 50.7 Å². The largest absolute Gasteiger partial charge is 0.494 e. The molecule has 0 bridgehead atoms. The number of hydrogen-bond donors (Lipinski definition) is 1. The van der Waals surface area contributed by atoms with Crippen LogP contribution in [-0.2, 0) is 6.18 Å². The minimum Gasteiger partial charge on any atom is -0.494 e. The summed E-state index contributed by atoms with van der Waals surface area (Å²) in [7, 11) is 0. The molecular weight excluding hydrogens is 393 g/mol. The number of benzene rings is 2. The first-order chi connectivity index (χ1) is 14.4. The molecule has 0 unspecified atom stereocenters. The molecule has 2 rings (SSSR count). The maximum atomic E-state index is 13.0. The molecule has 1 amide bonds. The number of carbonyl (C=O) groups excluding carboxylic acids is 1. The van der Waals surface area contributed by atoms with Gasteiger partial charge in [0, 0.05) is 0 Å². The molecule has 0 saturated heterocycles. The summed E-state index contributed by atoms with van der Waals surface area (Å²) in [5.41, 5.74) is 1.36. The van der Waals surface area contributed by atoms with Crippen molar-refractivity contribution in [3.8, 4) is 5.75 Å². The van der Waals surface area contributed by atoms with E-state index in [1.165, 1.54) is 44.0 Å². The Bertz CT molecular complexity index is 818. The first kappa shape index (κ1) is 23.4. The van der Waals surface area contributed by atoms with Crippen molar-refractivity contribution >= 4 is 12.1 Å². The summed E-state index contributed by atoms with van der Waals surface area (Å²) in [4.78, 5) is 12.0. The molecule has 30 heavy (non-hydrogen) atoms. The lowest BCUT2D eigenvalue weighted by atomic mass is 10.1. The Morgan fingerprint density at radius 2 is 1.67 bits per heavy atom. The van der Waals surface area contributed by atoms with E-state index in [1.54, 1.807) is 24.3 Å². The van der Waals surface area contributed by atoms with Crippen molar-refractivity contribution in [2.24, 2.45) is 5.10 Å². The van der Waals surface area contributed by atoms with E-state index >= 15 is 0 Å². The highest BCUT2D eigenvalue weighted by atomic mass is 19.4. The third-order valence-corrected chi connectivity index (χ3v) is 4.50. The van der Waals surface area contributed by atoms with E-state index in [0.29, 0.717) is 12.2 Å². The predicted octanol–water partition coefficient (Wildman–Crippen LogP) is 6.21. The lowest BCUT2D eigenvalue weighted by Gasteiger charge is -2.10. The van der Waals surface area contributed by atoms with Crippen LogP contribution in [0.1, 0.15) is 66.9 Å². The van der Waals surface area contributed by atoms with Crippen LogP contribution in [0.3, 0.4) is 0 Å². The standard InChI is InChI=1S/C23H27F3N2O2/c1-2-3-4-5-6-9-16-30-19-14-12-18(13-15-19)17-27-28-22(29)20-10-7-8-11-21(20)23(24,25)26/h7-8,10-15,17H,2-6,9,16H2,1H3,(H,28,29)/b27-17+. The second kappa shape index (κ2) is 12.0. The van der Waals surface area contributed by atoms with Crippen molar-refractivity contribution in [1.82, 2.24) is 5.43 Å². The van der Waals surface area contributed by atoms with Gasteiger partial charge in [-0.1, -0.05) is 51.2 Å². The van der Waals surface area contributed by atoms with E-state index in [1.807, 2.05) is 0 Å². The monoisotopic (exact) mass is 420 g/mol. The van der Waals surface area contributed by atoms with E-state index < -0.39 is 23.2 Å². The summed E-state index contributed by atoms with van der Waals surface area (Å²) in [5.74, 6) is -0.179. The minimum absolute atomic E-state index is 0.472. The first-order valence-electron chi connectivity index (χ1n) is 10.1. The quantitative estimate of drug-likeness (QED) is 0.267. The van der Waals surface area contributed by atoms with Crippen LogP contribution < -0.4 is 10.2 Å². The van der Waals surface area contributed by atoms with Crippen LogP contribution in [0.4, 0.5) is 13.2 Å². The first-order valence-corrected chi connectivity index (χ1v) is 10.1. The molecule has 0 radical (unpaired) electrons. The van der Waals surface area contributed by atoms with Gasteiger partial charge in [0.25, 0.3) is 5.91 Å². The summed E-state index contributed by atoms with van der Waals surface area (Å²) in [6.45, 7) is 2.85. The highest BCUT2D eigenvalue weighted by Gasteiger charge is 2.34. The number of hydrazone groups is 1. The molecule has 0 fully saturated rings. The molecule has 0 atom stereocenters. The lowest BCUT2D eigenvalue weighted by Crippen LogP contribution is -2.22. The molecule has 0 spiro atoms. The zero-order chi connectivity index (χ0) is 21.8. The van der Waals surface area contributed by atoms with Gasteiger partial charge in [-0.2, -0.15) is 18.3 Å². The molecule has 0 aliphatic carbocycles. The molecule has 162 valence electrons. The molecule has 0 saturated carbocycles. The van der Waals surface area contributed by atoms with Gasteiger partial charge in [0.15, 0.2) is 0 Å². The van der Waals surface area contributed by atoms with Crippen molar-refractivity contribution in [2.75, 3.05) is 6.61 Å². The lowest BCUT2D eigenvalue weighted by molar-refractivity contribution is -0.137. The zero-order valence-corrected chi connectivity index (χ0v) is 17.0. The zero-order valence-electron chi connectivity index (χ0n) is 17.0. The number of carbonyl (C=O) groups is 1. The summed E-state index contributed by atoms with van der Waals surface area (Å²) in [5, 5.41) is 3.75. The van der Waals surface area contributed by atoms with E-state index in [0.717, 1.165) is 30.7 Å². The van der Waals surface area contributed by atoms with Gasteiger partial charge in [0.05, 0.1) is 23.9 Å². The highest BCUT2D eigenvalue weighted by Crippen LogP contribution is 2.31. The fraction of sp³-hybridized carbons (Fsp3) is 0.391. The number of unbranched alkanes of at least 4 members (excludes halogenated alkanes) is 5. The van der Waals surface area contributed by atoms with Gasteiger partial charge in [-0.3, -0.25) is 4.79 Å². The number of hydrogen-bond acceptors (Lipinski definition) is 3. The van der Waals surface area contributed by atoms with Gasteiger partial charge in [0.2, 0.25) is 0 Å². The van der Waals surface area contributed by atoms with Crippen molar-refractivity contribution in [3.05, 3.63) is 65.2 Å². The van der Waals surface area contributed by atoms with Crippen LogP contribution in [0.25, 0.3) is 0 Å². The molecular formula is C23H27F3N2O2. The number of ether oxygens (including phenoxy) is 1. The summed E-state index contributed by atoms with van der Waals surface area (Å²) in [6.07, 6.45) is 3.93. The van der Waals surface area contributed by atoms with Crippen molar-refractivity contribution in [2.45, 2.75) is 51.6 Å². The number of nitrogens with one attached hydrogen (secondary N) is 1. The number of rotatable bonds is 11. The maximum absolute atomic E-state index is 13.0. The van der Waals surface area contributed by atoms with Crippen molar-refractivity contribution in [3.63, 3.8) is 0 Å². The summed E-state index contributed by atoms with van der Waals surface area (Å²) >= 11 is 0. The van der Waals surface area contributed by atoms with Crippen LogP contribution in [0.2, 0.25) is 0 Å². The predicted molar refractivity (Wildman–Crippen MR) is 112 cm³/mol. The molecule has 0 aliphatic heterocycles. The Kier molecular flexibility index (Phi) is 9.38. The SMILES string of the molecule is CCCCCCCCOc1ccc(/C=N/NC(=O)c2ccccc2C(F)(F)F)cc1. The van der Waals surface area contributed by atoms with Crippen LogP contribution in [-0.4, -0.2) is 18.7 Å². The van der Waals surface area contributed by atoms with Crippen LogP contribution in [0.15, 0.2) is 53.6 Å². The Morgan fingerprint density at radius 3 is 2.37 bits per heavy atom. The van der Waals surface area contributed by atoms with Gasteiger partial charge < -0.3 is 4.74 Å². The smallest absolute Gasteiger partial charge is 0.417 e. The molecule has 0 aromatic heterocycles. The van der Waals surface area contributed by atoms with E-state index in [4.69, 9.17) is 4.74 Å². The van der Waals surface area contributed by atoms with Crippen molar-refractivity contribution < 1.29 is 22.7 Å². The number of halogens is 3. The summed E-state index contributed by atoms with van der Waals surface area (Å²) in [6, 6.07) is 11.7. The van der Waals surface area contributed by atoms with E-state index in [-0.39, 0.29) is 0 Å². The highest BCUT2D eigenvalue weighted by molar-refractivity contribution is 5.96. The second-order valence-electron chi connectivity index (χ2n) is 6.93. The Hall–Kier alpha value is -2.83. The summed E-state index contributed by atoms with van der Waals surface area (Å²) < 4.78 is 44.6. The maximum Gasteiger partial charge on any atom is 0.417 e.